The summed E-state index contributed by atoms with van der Waals surface area (Å²) >= 11 is 1.58. The first kappa shape index (κ1) is 16.2. The second-order valence-electron chi connectivity index (χ2n) is 5.47. The highest BCUT2D eigenvalue weighted by Gasteiger charge is 2.24. The molecule has 0 radical (unpaired) electrons. The van der Waals surface area contributed by atoms with Gasteiger partial charge in [0.2, 0.25) is 0 Å². The number of amides is 2. The lowest BCUT2D eigenvalue weighted by Crippen LogP contribution is -2.34. The zero-order valence-corrected chi connectivity index (χ0v) is 14.5. The fraction of sp³-hybridized carbons (Fsp3) is 0.333. The third kappa shape index (κ3) is 3.31. The van der Waals surface area contributed by atoms with Crippen LogP contribution in [0.4, 0.5) is 19.3 Å². The molecule has 8 heteroatoms. The average Bonchev–Trinajstić information content (AvgIpc) is 2.87. The van der Waals surface area contributed by atoms with Crippen molar-refractivity contribution in [1.82, 2.24) is 15.1 Å². The van der Waals surface area contributed by atoms with E-state index in [0.29, 0.717) is 0 Å². The van der Waals surface area contributed by atoms with Crippen LogP contribution >= 0.6 is 22.6 Å². The molecule has 3 rings (SSSR count). The van der Waals surface area contributed by atoms with Crippen molar-refractivity contribution >= 4 is 34.3 Å². The Bertz CT molecular complexity index is 739. The molecule has 1 aromatic carbocycles. The Morgan fingerprint density at radius 1 is 1.39 bits per heavy atom. The Labute approximate surface area is 145 Å². The molecular formula is C15H15F2IN4O. The van der Waals surface area contributed by atoms with Crippen LogP contribution in [0.1, 0.15) is 30.1 Å². The van der Waals surface area contributed by atoms with Gasteiger partial charge in [0.05, 0.1) is 15.8 Å². The first-order valence-corrected chi connectivity index (χ1v) is 8.26. The van der Waals surface area contributed by atoms with Crippen molar-refractivity contribution in [2.45, 2.75) is 25.3 Å². The number of hydrogen-bond donors (Lipinski definition) is 2. The Balaban J connectivity index is 1.71. The van der Waals surface area contributed by atoms with Gasteiger partial charge in [0, 0.05) is 24.0 Å². The van der Waals surface area contributed by atoms with Crippen molar-refractivity contribution in [2.24, 2.45) is 7.05 Å². The van der Waals surface area contributed by atoms with Crippen LogP contribution in [-0.2, 0) is 13.5 Å². The first-order valence-electron chi connectivity index (χ1n) is 7.18. The quantitative estimate of drug-likeness (QED) is 0.564. The zero-order valence-electron chi connectivity index (χ0n) is 12.4. The van der Waals surface area contributed by atoms with Crippen molar-refractivity contribution in [3.05, 3.63) is 44.8 Å². The van der Waals surface area contributed by atoms with E-state index in [1.807, 2.05) is 11.7 Å². The molecule has 122 valence electrons. The van der Waals surface area contributed by atoms with Crippen LogP contribution in [0.5, 0.6) is 0 Å². The van der Waals surface area contributed by atoms with Crippen molar-refractivity contribution in [2.75, 3.05) is 5.32 Å². The van der Waals surface area contributed by atoms with Crippen molar-refractivity contribution in [3.8, 4) is 0 Å². The zero-order chi connectivity index (χ0) is 16.6. The summed E-state index contributed by atoms with van der Waals surface area (Å²) in [5.74, 6) is -1.40. The average molecular weight is 432 g/mol. The second-order valence-corrected chi connectivity index (χ2v) is 6.55. The maximum Gasteiger partial charge on any atom is 0.319 e. The molecule has 1 aliphatic rings. The molecule has 1 unspecified atom stereocenters. The summed E-state index contributed by atoms with van der Waals surface area (Å²) in [4.78, 5) is 12.1. The summed E-state index contributed by atoms with van der Waals surface area (Å²) < 4.78 is 28.8. The molecule has 1 aromatic heterocycles. The molecule has 2 aromatic rings. The predicted octanol–water partition coefficient (Wildman–Crippen LogP) is 3.50. The van der Waals surface area contributed by atoms with Gasteiger partial charge in [0.15, 0.2) is 0 Å². The molecule has 0 bridgehead atoms. The van der Waals surface area contributed by atoms with Gasteiger partial charge in [-0.1, -0.05) is 0 Å². The number of carbonyl (C=O) groups is 1. The van der Waals surface area contributed by atoms with Crippen molar-refractivity contribution in [1.29, 1.82) is 0 Å². The largest absolute Gasteiger partial charge is 0.331 e. The van der Waals surface area contributed by atoms with Crippen LogP contribution in [-0.4, -0.2) is 15.8 Å². The van der Waals surface area contributed by atoms with E-state index in [2.05, 4.69) is 15.7 Å². The van der Waals surface area contributed by atoms with E-state index in [1.54, 1.807) is 28.8 Å². The fourth-order valence-corrected chi connectivity index (χ4v) is 3.12. The third-order valence-corrected chi connectivity index (χ3v) is 4.95. The van der Waals surface area contributed by atoms with Crippen molar-refractivity contribution in [3.63, 3.8) is 0 Å². The topological polar surface area (TPSA) is 59.0 Å². The monoisotopic (exact) mass is 432 g/mol. The minimum atomic E-state index is -0.701. The van der Waals surface area contributed by atoms with Gasteiger partial charge >= 0.3 is 6.03 Å². The van der Waals surface area contributed by atoms with E-state index in [-0.39, 0.29) is 15.3 Å². The number of nitrogens with zero attached hydrogens (tertiary/aromatic N) is 2. The highest BCUT2D eigenvalue weighted by molar-refractivity contribution is 14.1. The molecule has 5 nitrogen and oxygen atoms in total. The summed E-state index contributed by atoms with van der Waals surface area (Å²) in [6.07, 6.45) is 4.44. The molecule has 2 N–H and O–H groups in total. The second kappa shape index (κ2) is 6.42. The van der Waals surface area contributed by atoms with Crippen LogP contribution in [0.15, 0.2) is 18.3 Å². The number of fused-ring (bicyclic) bond motifs is 1. The maximum absolute atomic E-state index is 13.5. The standard InChI is InChI=1S/C15H15F2IN4O/c1-22-13-4-2-3-12(9(13)7-19-22)21-15(23)20-8-5-10(16)14(18)11(17)6-8/h5-7,12H,2-4H2,1H3,(H2,20,21,23). The van der Waals surface area contributed by atoms with E-state index in [4.69, 9.17) is 0 Å². The van der Waals surface area contributed by atoms with Gasteiger partial charge < -0.3 is 10.6 Å². The number of aromatic nitrogens is 2. The number of halogens is 3. The molecule has 1 heterocycles. The van der Waals surface area contributed by atoms with Crippen LogP contribution in [0.25, 0.3) is 0 Å². The van der Waals surface area contributed by atoms with E-state index in [1.165, 1.54) is 0 Å². The molecular weight excluding hydrogens is 417 g/mol. The molecule has 0 saturated heterocycles. The lowest BCUT2D eigenvalue weighted by molar-refractivity contribution is 0.247. The van der Waals surface area contributed by atoms with Gasteiger partial charge in [0.1, 0.15) is 11.6 Å². The van der Waals surface area contributed by atoms with Crippen LogP contribution in [0, 0.1) is 15.2 Å². The fourth-order valence-electron chi connectivity index (χ4n) is 2.81. The molecule has 2 amide bonds. The van der Waals surface area contributed by atoms with Gasteiger partial charge in [-0.15, -0.1) is 0 Å². The summed E-state index contributed by atoms with van der Waals surface area (Å²) in [5.41, 5.74) is 2.18. The minimum Gasteiger partial charge on any atom is -0.331 e. The van der Waals surface area contributed by atoms with E-state index in [0.717, 1.165) is 42.7 Å². The Hall–Kier alpha value is -1.71. The number of carbonyl (C=O) groups excluding carboxylic acids is 1. The number of nitrogens with one attached hydrogen (secondary N) is 2. The SMILES string of the molecule is Cn1ncc2c1CCCC2NC(=O)Nc1cc(F)c(I)c(F)c1. The van der Waals surface area contributed by atoms with E-state index in [9.17, 15) is 13.6 Å². The number of anilines is 1. The van der Waals surface area contributed by atoms with Gasteiger partial charge in [0.25, 0.3) is 0 Å². The molecule has 1 atom stereocenters. The van der Waals surface area contributed by atoms with Crippen LogP contribution in [0.2, 0.25) is 0 Å². The number of aryl methyl sites for hydroxylation is 1. The van der Waals surface area contributed by atoms with Gasteiger partial charge in [-0.25, -0.2) is 13.6 Å². The lowest BCUT2D eigenvalue weighted by atomic mass is 9.93. The van der Waals surface area contributed by atoms with E-state index < -0.39 is 17.7 Å². The number of benzene rings is 1. The number of urea groups is 1. The van der Waals surface area contributed by atoms with Gasteiger partial charge in [-0.05, 0) is 54.0 Å². The summed E-state index contributed by atoms with van der Waals surface area (Å²) in [6, 6.07) is 1.56. The molecule has 1 aliphatic carbocycles. The highest BCUT2D eigenvalue weighted by Crippen LogP contribution is 2.29. The third-order valence-electron chi connectivity index (χ3n) is 3.92. The van der Waals surface area contributed by atoms with Crippen LogP contribution in [0.3, 0.4) is 0 Å². The van der Waals surface area contributed by atoms with E-state index >= 15 is 0 Å². The Kier molecular flexibility index (Phi) is 4.51. The summed E-state index contributed by atoms with van der Waals surface area (Å²) in [5, 5.41) is 9.53. The summed E-state index contributed by atoms with van der Waals surface area (Å²) in [6.45, 7) is 0. The first-order chi connectivity index (χ1) is 11.0. The highest BCUT2D eigenvalue weighted by atomic mass is 127. The molecule has 23 heavy (non-hydrogen) atoms. The smallest absolute Gasteiger partial charge is 0.319 e. The van der Waals surface area contributed by atoms with Gasteiger partial charge in [-0.2, -0.15) is 5.10 Å². The minimum absolute atomic E-state index is 0.0835. The predicted molar refractivity (Wildman–Crippen MR) is 90.1 cm³/mol. The van der Waals surface area contributed by atoms with Gasteiger partial charge in [-0.3, -0.25) is 4.68 Å². The molecule has 0 saturated carbocycles. The normalized spacial score (nSPS) is 16.8. The van der Waals surface area contributed by atoms with Crippen LogP contribution < -0.4 is 10.6 Å². The number of hydrogen-bond acceptors (Lipinski definition) is 2. The Morgan fingerprint density at radius 3 is 2.78 bits per heavy atom. The molecule has 0 spiro atoms. The molecule has 0 aliphatic heterocycles. The Morgan fingerprint density at radius 2 is 2.09 bits per heavy atom. The molecule has 0 fully saturated rings. The van der Waals surface area contributed by atoms with Crippen molar-refractivity contribution < 1.29 is 13.6 Å². The number of rotatable bonds is 2. The maximum atomic E-state index is 13.5. The summed E-state index contributed by atoms with van der Waals surface area (Å²) in [7, 11) is 1.87. The lowest BCUT2D eigenvalue weighted by Gasteiger charge is -2.24.